The van der Waals surface area contributed by atoms with Gasteiger partial charge in [0.25, 0.3) is 0 Å². The van der Waals surface area contributed by atoms with E-state index in [1.54, 1.807) is 14.2 Å². The maximum atomic E-state index is 11.1. The average Bonchev–Trinajstić information content (AvgIpc) is 2.49. The molecule has 0 heterocycles. The Morgan fingerprint density at radius 3 is 2.30 bits per heavy atom. The molecule has 20 heavy (non-hydrogen) atoms. The molecule has 0 aliphatic carbocycles. The van der Waals surface area contributed by atoms with Crippen LogP contribution in [0.4, 0.5) is 0 Å². The number of hydrogen-bond acceptors (Lipinski definition) is 3. The number of ether oxygens (including phenoxy) is 2. The van der Waals surface area contributed by atoms with Crippen molar-refractivity contribution in [3.63, 3.8) is 0 Å². The minimum absolute atomic E-state index is 0.594. The van der Waals surface area contributed by atoms with E-state index in [-0.39, 0.29) is 0 Å². The third kappa shape index (κ3) is 2.89. The molecule has 0 bridgehead atoms. The predicted molar refractivity (Wildman–Crippen MR) is 79.3 cm³/mol. The van der Waals surface area contributed by atoms with Gasteiger partial charge in [-0.05, 0) is 35.7 Å². The second kappa shape index (κ2) is 6.35. The number of hydrogen-bond donors (Lipinski definition) is 0. The van der Waals surface area contributed by atoms with Gasteiger partial charge in [-0.1, -0.05) is 24.3 Å². The molecule has 0 saturated carbocycles. The molecule has 0 saturated heterocycles. The monoisotopic (exact) mass is 270 g/mol. The van der Waals surface area contributed by atoms with E-state index in [0.29, 0.717) is 12.2 Å². The number of carbonyl (C=O) groups excluding carboxylic acids is 1. The Bertz CT molecular complexity index is 600. The smallest absolute Gasteiger partial charge is 0.150 e. The zero-order chi connectivity index (χ0) is 14.5. The van der Waals surface area contributed by atoms with Gasteiger partial charge in [0.15, 0.2) is 0 Å². The zero-order valence-corrected chi connectivity index (χ0v) is 12.0. The number of methoxy groups -OCH3 is 2. The van der Waals surface area contributed by atoms with Gasteiger partial charge in [-0.2, -0.15) is 0 Å². The van der Waals surface area contributed by atoms with Crippen LogP contribution in [-0.2, 0) is 11.3 Å². The summed E-state index contributed by atoms with van der Waals surface area (Å²) in [7, 11) is 3.29. The van der Waals surface area contributed by atoms with Crippen LogP contribution in [0.2, 0.25) is 0 Å². The van der Waals surface area contributed by atoms with E-state index in [0.717, 1.165) is 34.3 Å². The SMILES string of the molecule is COCc1ccc(-c2cc(C=O)c(C)c(OC)c2)cc1. The minimum atomic E-state index is 0.594. The molecule has 0 aromatic heterocycles. The summed E-state index contributed by atoms with van der Waals surface area (Å²) in [6.07, 6.45) is 0.862. The highest BCUT2D eigenvalue weighted by Gasteiger charge is 2.08. The molecule has 0 spiro atoms. The highest BCUT2D eigenvalue weighted by Crippen LogP contribution is 2.29. The van der Waals surface area contributed by atoms with Crippen molar-refractivity contribution in [3.8, 4) is 16.9 Å². The van der Waals surface area contributed by atoms with Crippen molar-refractivity contribution in [3.05, 3.63) is 53.1 Å². The first kappa shape index (κ1) is 14.3. The van der Waals surface area contributed by atoms with Crippen LogP contribution in [0.5, 0.6) is 5.75 Å². The lowest BCUT2D eigenvalue weighted by Gasteiger charge is -2.11. The molecule has 0 aliphatic heterocycles. The van der Waals surface area contributed by atoms with Crippen LogP contribution < -0.4 is 4.74 Å². The van der Waals surface area contributed by atoms with Gasteiger partial charge >= 0.3 is 0 Å². The molecule has 104 valence electrons. The molecule has 2 rings (SSSR count). The first-order valence-corrected chi connectivity index (χ1v) is 6.41. The summed E-state index contributed by atoms with van der Waals surface area (Å²) in [5, 5.41) is 0. The Labute approximate surface area is 119 Å². The standard InChI is InChI=1S/C17H18O3/c1-12-16(10-18)8-15(9-17(12)20-3)14-6-4-13(5-7-14)11-19-2/h4-10H,11H2,1-3H3. The first-order valence-electron chi connectivity index (χ1n) is 6.41. The number of carbonyl (C=O) groups is 1. The molecule has 2 aromatic carbocycles. The Morgan fingerprint density at radius 1 is 1.05 bits per heavy atom. The number of aldehydes is 1. The fraction of sp³-hybridized carbons (Fsp3) is 0.235. The lowest BCUT2D eigenvalue weighted by molar-refractivity contribution is 0.112. The van der Waals surface area contributed by atoms with E-state index in [1.165, 1.54) is 0 Å². The van der Waals surface area contributed by atoms with E-state index in [2.05, 4.69) is 0 Å². The third-order valence-electron chi connectivity index (χ3n) is 3.35. The highest BCUT2D eigenvalue weighted by atomic mass is 16.5. The lowest BCUT2D eigenvalue weighted by atomic mass is 9.98. The summed E-state index contributed by atoms with van der Waals surface area (Å²) >= 11 is 0. The fourth-order valence-corrected chi connectivity index (χ4v) is 2.17. The number of benzene rings is 2. The van der Waals surface area contributed by atoms with Crippen LogP contribution in [0.25, 0.3) is 11.1 Å². The molecule has 0 unspecified atom stereocenters. The molecule has 0 fully saturated rings. The van der Waals surface area contributed by atoms with E-state index >= 15 is 0 Å². The number of rotatable bonds is 5. The molecule has 3 nitrogen and oxygen atoms in total. The van der Waals surface area contributed by atoms with E-state index in [9.17, 15) is 4.79 Å². The van der Waals surface area contributed by atoms with Crippen molar-refractivity contribution in [1.29, 1.82) is 0 Å². The molecular weight excluding hydrogens is 252 g/mol. The van der Waals surface area contributed by atoms with Gasteiger partial charge in [0.2, 0.25) is 0 Å². The van der Waals surface area contributed by atoms with Crippen LogP contribution in [0.1, 0.15) is 21.5 Å². The van der Waals surface area contributed by atoms with Crippen LogP contribution in [0.15, 0.2) is 36.4 Å². The first-order chi connectivity index (χ1) is 9.69. The molecular formula is C17H18O3. The van der Waals surface area contributed by atoms with Crippen LogP contribution in [0, 0.1) is 6.92 Å². The van der Waals surface area contributed by atoms with Gasteiger partial charge in [0, 0.05) is 18.2 Å². The van der Waals surface area contributed by atoms with Crippen LogP contribution in [0.3, 0.4) is 0 Å². The van der Waals surface area contributed by atoms with Crippen LogP contribution in [-0.4, -0.2) is 20.5 Å². The van der Waals surface area contributed by atoms with Gasteiger partial charge in [-0.15, -0.1) is 0 Å². The summed E-state index contributed by atoms with van der Waals surface area (Å²) in [5.74, 6) is 0.727. The largest absolute Gasteiger partial charge is 0.496 e. The maximum absolute atomic E-state index is 11.1. The van der Waals surface area contributed by atoms with E-state index in [4.69, 9.17) is 9.47 Å². The van der Waals surface area contributed by atoms with Crippen molar-refractivity contribution >= 4 is 6.29 Å². The molecule has 3 heteroatoms. The quantitative estimate of drug-likeness (QED) is 0.778. The van der Waals surface area contributed by atoms with E-state index in [1.807, 2.05) is 43.3 Å². The van der Waals surface area contributed by atoms with Crippen molar-refractivity contribution < 1.29 is 14.3 Å². The second-order valence-corrected chi connectivity index (χ2v) is 4.64. The van der Waals surface area contributed by atoms with Crippen molar-refractivity contribution in [1.82, 2.24) is 0 Å². The Morgan fingerprint density at radius 2 is 1.75 bits per heavy atom. The predicted octanol–water partition coefficient (Wildman–Crippen LogP) is 3.63. The second-order valence-electron chi connectivity index (χ2n) is 4.64. The summed E-state index contributed by atoms with van der Waals surface area (Å²) in [6.45, 7) is 2.48. The molecule has 0 aliphatic rings. The van der Waals surface area contributed by atoms with Crippen molar-refractivity contribution in [2.24, 2.45) is 0 Å². The van der Waals surface area contributed by atoms with Gasteiger partial charge < -0.3 is 9.47 Å². The summed E-state index contributed by atoms with van der Waals surface area (Å²) in [6, 6.07) is 11.9. The van der Waals surface area contributed by atoms with Crippen LogP contribution >= 0.6 is 0 Å². The van der Waals surface area contributed by atoms with Crippen molar-refractivity contribution in [2.45, 2.75) is 13.5 Å². The Hall–Kier alpha value is -2.13. The van der Waals surface area contributed by atoms with Gasteiger partial charge in [0.1, 0.15) is 12.0 Å². The normalized spacial score (nSPS) is 10.3. The lowest BCUT2D eigenvalue weighted by Crippen LogP contribution is -1.94. The summed E-state index contributed by atoms with van der Waals surface area (Å²) in [5.41, 5.74) is 4.65. The van der Waals surface area contributed by atoms with Gasteiger partial charge in [0.05, 0.1) is 13.7 Å². The Balaban J connectivity index is 2.43. The maximum Gasteiger partial charge on any atom is 0.150 e. The fourth-order valence-electron chi connectivity index (χ4n) is 2.17. The van der Waals surface area contributed by atoms with Gasteiger partial charge in [-0.25, -0.2) is 0 Å². The van der Waals surface area contributed by atoms with Gasteiger partial charge in [-0.3, -0.25) is 4.79 Å². The topological polar surface area (TPSA) is 35.5 Å². The molecule has 0 amide bonds. The molecule has 0 N–H and O–H groups in total. The van der Waals surface area contributed by atoms with Crippen molar-refractivity contribution in [2.75, 3.05) is 14.2 Å². The summed E-state index contributed by atoms with van der Waals surface area (Å²) < 4.78 is 10.4. The third-order valence-corrected chi connectivity index (χ3v) is 3.35. The summed E-state index contributed by atoms with van der Waals surface area (Å²) in [4.78, 5) is 11.1. The zero-order valence-electron chi connectivity index (χ0n) is 12.0. The Kier molecular flexibility index (Phi) is 4.53. The molecule has 0 atom stereocenters. The minimum Gasteiger partial charge on any atom is -0.496 e. The molecule has 2 aromatic rings. The van der Waals surface area contributed by atoms with E-state index < -0.39 is 0 Å². The highest BCUT2D eigenvalue weighted by molar-refractivity contribution is 5.83. The average molecular weight is 270 g/mol. The molecule has 0 radical (unpaired) electrons.